The third-order valence-corrected chi connectivity index (χ3v) is 3.33. The first kappa shape index (κ1) is 12.4. The third-order valence-electron chi connectivity index (χ3n) is 2.53. The molecule has 2 rings (SSSR count). The van der Waals surface area contributed by atoms with Crippen molar-refractivity contribution in [3.63, 3.8) is 0 Å². The minimum Gasteiger partial charge on any atom is -0.507 e. The van der Waals surface area contributed by atoms with Gasteiger partial charge in [-0.1, -0.05) is 24.3 Å². The Morgan fingerprint density at radius 1 is 1.11 bits per heavy atom. The van der Waals surface area contributed by atoms with Crippen LogP contribution in [-0.2, 0) is 4.79 Å². The maximum absolute atomic E-state index is 10.5. The Kier molecular flexibility index (Phi) is 3.25. The number of fused-ring (bicyclic) bond motifs is 1. The van der Waals surface area contributed by atoms with Crippen LogP contribution in [0.25, 0.3) is 16.8 Å². The highest BCUT2D eigenvalue weighted by Crippen LogP contribution is 2.43. The first-order chi connectivity index (χ1) is 8.52. The number of carbonyl (C=O) groups is 1. The summed E-state index contributed by atoms with van der Waals surface area (Å²) in [7, 11) is 0. The first-order valence-corrected chi connectivity index (χ1v) is 5.84. The summed E-state index contributed by atoms with van der Waals surface area (Å²) >= 11 is 3.15. The summed E-state index contributed by atoms with van der Waals surface area (Å²) in [6, 6.07) is 6.77. The minimum absolute atomic E-state index is 0.0339. The number of hydrogen-bond acceptors (Lipinski definition) is 3. The molecule has 0 saturated heterocycles. The molecule has 0 radical (unpaired) electrons. The predicted octanol–water partition coefficient (Wildman–Crippen LogP) is 3.11. The highest BCUT2D eigenvalue weighted by Gasteiger charge is 2.15. The molecule has 92 valence electrons. The molecular weight excluding hydrogens is 300 g/mol. The van der Waals surface area contributed by atoms with Crippen LogP contribution in [0.3, 0.4) is 0 Å². The highest BCUT2D eigenvalue weighted by molar-refractivity contribution is 9.10. The van der Waals surface area contributed by atoms with Crippen LogP contribution in [0.4, 0.5) is 0 Å². The largest absolute Gasteiger partial charge is 0.507 e. The predicted molar refractivity (Wildman–Crippen MR) is 71.6 cm³/mol. The van der Waals surface area contributed by atoms with E-state index in [0.29, 0.717) is 10.8 Å². The van der Waals surface area contributed by atoms with Gasteiger partial charge in [-0.2, -0.15) is 0 Å². The standard InChI is InChI=1S/C13H9BrO4/c14-11-9(5-6-10(15)16)12(17)7-3-1-2-4-8(7)13(11)18/h1-6,17-18H,(H,15,16). The molecule has 0 aliphatic rings. The number of carboxylic acids is 1. The molecule has 0 saturated carbocycles. The van der Waals surface area contributed by atoms with Crippen molar-refractivity contribution in [2.45, 2.75) is 0 Å². The van der Waals surface area contributed by atoms with Gasteiger partial charge < -0.3 is 15.3 Å². The fourth-order valence-corrected chi connectivity index (χ4v) is 2.23. The number of benzene rings is 2. The molecule has 0 bridgehead atoms. The lowest BCUT2D eigenvalue weighted by molar-refractivity contribution is -0.131. The van der Waals surface area contributed by atoms with Gasteiger partial charge in [-0.25, -0.2) is 4.79 Å². The van der Waals surface area contributed by atoms with E-state index in [2.05, 4.69) is 15.9 Å². The number of halogens is 1. The normalized spacial score (nSPS) is 11.2. The van der Waals surface area contributed by atoms with Crippen molar-refractivity contribution >= 4 is 38.7 Å². The number of aliphatic carboxylic acids is 1. The monoisotopic (exact) mass is 308 g/mol. The molecule has 0 aliphatic heterocycles. The average Bonchev–Trinajstić information content (AvgIpc) is 2.36. The van der Waals surface area contributed by atoms with Gasteiger partial charge in [0, 0.05) is 22.4 Å². The van der Waals surface area contributed by atoms with Crippen LogP contribution in [0.1, 0.15) is 5.56 Å². The summed E-state index contributed by atoms with van der Waals surface area (Å²) in [6.07, 6.45) is 2.13. The molecule has 4 nitrogen and oxygen atoms in total. The van der Waals surface area contributed by atoms with Gasteiger partial charge in [0.05, 0.1) is 4.47 Å². The summed E-state index contributed by atoms with van der Waals surface area (Å²) in [4.78, 5) is 10.5. The van der Waals surface area contributed by atoms with Gasteiger partial charge >= 0.3 is 5.97 Å². The zero-order valence-electron chi connectivity index (χ0n) is 9.09. The van der Waals surface area contributed by atoms with E-state index in [1.807, 2.05) is 0 Å². The smallest absolute Gasteiger partial charge is 0.328 e. The molecule has 0 aliphatic carbocycles. The Morgan fingerprint density at radius 3 is 2.22 bits per heavy atom. The first-order valence-electron chi connectivity index (χ1n) is 5.05. The van der Waals surface area contributed by atoms with E-state index in [1.54, 1.807) is 24.3 Å². The lowest BCUT2D eigenvalue weighted by atomic mass is 10.0. The van der Waals surface area contributed by atoms with Gasteiger partial charge in [-0.3, -0.25) is 0 Å². The Morgan fingerprint density at radius 2 is 1.67 bits per heavy atom. The average molecular weight is 309 g/mol. The van der Waals surface area contributed by atoms with Crippen LogP contribution in [-0.4, -0.2) is 21.3 Å². The van der Waals surface area contributed by atoms with E-state index >= 15 is 0 Å². The zero-order valence-corrected chi connectivity index (χ0v) is 10.7. The Labute approximate surface area is 111 Å². The summed E-state index contributed by atoms with van der Waals surface area (Å²) in [5, 5.41) is 29.6. The Balaban J connectivity index is 2.78. The maximum atomic E-state index is 10.5. The molecular formula is C13H9BrO4. The van der Waals surface area contributed by atoms with E-state index in [0.717, 1.165) is 6.08 Å². The quantitative estimate of drug-likeness (QED) is 0.588. The molecule has 2 aromatic carbocycles. The maximum Gasteiger partial charge on any atom is 0.328 e. The van der Waals surface area contributed by atoms with Crippen molar-refractivity contribution < 1.29 is 20.1 Å². The molecule has 5 heteroatoms. The minimum atomic E-state index is -1.13. The summed E-state index contributed by atoms with van der Waals surface area (Å²) in [5.74, 6) is -1.24. The molecule has 3 N–H and O–H groups in total. The number of carboxylic acid groups (broad SMARTS) is 1. The number of rotatable bonds is 2. The fourth-order valence-electron chi connectivity index (χ4n) is 1.70. The van der Waals surface area contributed by atoms with E-state index in [1.165, 1.54) is 6.08 Å². The molecule has 0 fully saturated rings. The van der Waals surface area contributed by atoms with E-state index in [-0.39, 0.29) is 21.5 Å². The van der Waals surface area contributed by atoms with Gasteiger partial charge in [-0.05, 0) is 22.0 Å². The topological polar surface area (TPSA) is 77.8 Å². The number of phenolic OH excluding ortho intramolecular Hbond substituents is 2. The van der Waals surface area contributed by atoms with Crippen molar-refractivity contribution in [3.05, 3.63) is 40.4 Å². The van der Waals surface area contributed by atoms with Crippen LogP contribution < -0.4 is 0 Å². The van der Waals surface area contributed by atoms with E-state index in [4.69, 9.17) is 5.11 Å². The second-order valence-corrected chi connectivity index (χ2v) is 4.44. The molecule has 0 spiro atoms. The zero-order chi connectivity index (χ0) is 13.3. The number of aromatic hydroxyl groups is 2. The van der Waals surface area contributed by atoms with Crippen molar-refractivity contribution in [2.75, 3.05) is 0 Å². The van der Waals surface area contributed by atoms with Crippen LogP contribution >= 0.6 is 15.9 Å². The Hall–Kier alpha value is -2.01. The highest BCUT2D eigenvalue weighted by atomic mass is 79.9. The summed E-state index contributed by atoms with van der Waals surface area (Å²) in [5.41, 5.74) is 0.230. The molecule has 0 atom stereocenters. The number of hydrogen-bond donors (Lipinski definition) is 3. The molecule has 2 aromatic rings. The molecule has 18 heavy (non-hydrogen) atoms. The SMILES string of the molecule is O=C(O)C=Cc1c(Br)c(O)c2ccccc2c1O. The van der Waals surface area contributed by atoms with Crippen LogP contribution in [0.5, 0.6) is 11.5 Å². The fraction of sp³-hybridized carbons (Fsp3) is 0. The van der Waals surface area contributed by atoms with Gasteiger partial charge in [-0.15, -0.1) is 0 Å². The van der Waals surface area contributed by atoms with Gasteiger partial charge in [0.2, 0.25) is 0 Å². The van der Waals surface area contributed by atoms with Crippen molar-refractivity contribution in [3.8, 4) is 11.5 Å². The van der Waals surface area contributed by atoms with Crippen LogP contribution in [0, 0.1) is 0 Å². The van der Waals surface area contributed by atoms with Gasteiger partial charge in [0.1, 0.15) is 11.5 Å². The second-order valence-electron chi connectivity index (χ2n) is 3.64. The van der Waals surface area contributed by atoms with Crippen molar-refractivity contribution in [1.82, 2.24) is 0 Å². The lowest BCUT2D eigenvalue weighted by Gasteiger charge is -2.10. The number of phenols is 2. The summed E-state index contributed by atoms with van der Waals surface area (Å²) < 4.78 is 0.260. The van der Waals surface area contributed by atoms with Crippen LogP contribution in [0.2, 0.25) is 0 Å². The summed E-state index contributed by atoms with van der Waals surface area (Å²) in [6.45, 7) is 0. The lowest BCUT2D eigenvalue weighted by Crippen LogP contribution is -1.88. The second kappa shape index (κ2) is 4.70. The molecule has 0 aromatic heterocycles. The van der Waals surface area contributed by atoms with Crippen molar-refractivity contribution in [2.24, 2.45) is 0 Å². The van der Waals surface area contributed by atoms with Crippen LogP contribution in [0.15, 0.2) is 34.8 Å². The Bertz CT molecular complexity index is 662. The third kappa shape index (κ3) is 2.04. The van der Waals surface area contributed by atoms with Crippen molar-refractivity contribution in [1.29, 1.82) is 0 Å². The van der Waals surface area contributed by atoms with Gasteiger partial charge in [0.25, 0.3) is 0 Å². The van der Waals surface area contributed by atoms with E-state index < -0.39 is 5.97 Å². The molecule has 0 amide bonds. The molecule has 0 unspecified atom stereocenters. The van der Waals surface area contributed by atoms with E-state index in [9.17, 15) is 15.0 Å². The van der Waals surface area contributed by atoms with Gasteiger partial charge in [0.15, 0.2) is 0 Å². The molecule has 0 heterocycles.